The Bertz CT molecular complexity index is 889. The lowest BCUT2D eigenvalue weighted by atomic mass is 10.0. The summed E-state index contributed by atoms with van der Waals surface area (Å²) < 4.78 is 18.8. The van der Waals surface area contributed by atoms with Gasteiger partial charge in [0.15, 0.2) is 0 Å². The molecule has 0 bridgehead atoms. The number of anilines is 2. The topological polar surface area (TPSA) is 116 Å². The van der Waals surface area contributed by atoms with Gasteiger partial charge in [-0.05, 0) is 38.2 Å². The molecular formula is C20H25FN6O2. The summed E-state index contributed by atoms with van der Waals surface area (Å²) in [6.45, 7) is 3.96. The van der Waals surface area contributed by atoms with E-state index in [0.717, 1.165) is 6.54 Å². The van der Waals surface area contributed by atoms with Crippen LogP contribution in [0.1, 0.15) is 18.1 Å². The molecule has 1 aliphatic heterocycles. The van der Waals surface area contributed by atoms with E-state index in [-0.39, 0.29) is 35.2 Å². The second kappa shape index (κ2) is 8.97. The summed E-state index contributed by atoms with van der Waals surface area (Å²) in [5.74, 6) is -0.104. The standard InChI is InChI=1S/C20H25FN6O2/c1-3-29-17-11-27(2)10-16(17)25-20(28)26-18-8-15(22)14(9-24-18)19(23)12-4-6-13(21)7-5-12/h4-9,16-17,23H,3,10-11H2,1-2H3,(H4,22,24,25,26,28)/t16-,17-/m0/s1. The van der Waals surface area contributed by atoms with E-state index in [4.69, 9.17) is 15.9 Å². The molecule has 1 fully saturated rings. The van der Waals surface area contributed by atoms with E-state index in [1.807, 2.05) is 14.0 Å². The summed E-state index contributed by atoms with van der Waals surface area (Å²) >= 11 is 0. The number of nitrogens with zero attached hydrogens (tertiary/aromatic N) is 2. The minimum Gasteiger partial charge on any atom is -0.398 e. The van der Waals surface area contributed by atoms with Crippen LogP contribution in [0.25, 0.3) is 0 Å². The Kier molecular flexibility index (Phi) is 6.40. The Morgan fingerprint density at radius 2 is 2.10 bits per heavy atom. The first-order valence-corrected chi connectivity index (χ1v) is 9.35. The number of carbonyl (C=O) groups is 1. The summed E-state index contributed by atoms with van der Waals surface area (Å²) in [4.78, 5) is 18.6. The molecule has 1 aromatic heterocycles. The lowest BCUT2D eigenvalue weighted by molar-refractivity contribution is 0.0568. The molecule has 5 N–H and O–H groups in total. The van der Waals surface area contributed by atoms with Gasteiger partial charge >= 0.3 is 6.03 Å². The number of amides is 2. The molecule has 0 spiro atoms. The van der Waals surface area contributed by atoms with Crippen LogP contribution in [0.4, 0.5) is 20.7 Å². The van der Waals surface area contributed by atoms with Gasteiger partial charge in [0, 0.05) is 48.8 Å². The maximum absolute atomic E-state index is 13.1. The summed E-state index contributed by atoms with van der Waals surface area (Å²) in [6, 6.07) is 6.54. The van der Waals surface area contributed by atoms with Crippen molar-refractivity contribution in [2.45, 2.75) is 19.1 Å². The number of carbonyl (C=O) groups excluding carboxylic acids is 1. The van der Waals surface area contributed by atoms with Crippen LogP contribution in [0.2, 0.25) is 0 Å². The molecule has 29 heavy (non-hydrogen) atoms. The number of nitrogen functional groups attached to an aromatic ring is 1. The minimum absolute atomic E-state index is 0.0627. The SMILES string of the molecule is CCO[C@H]1CN(C)C[C@@H]1NC(=O)Nc1cc(N)c(C(=N)c2ccc(F)cc2)cn1. The van der Waals surface area contributed by atoms with Gasteiger partial charge in [0.1, 0.15) is 11.6 Å². The van der Waals surface area contributed by atoms with Crippen molar-refractivity contribution in [2.75, 3.05) is 37.8 Å². The van der Waals surface area contributed by atoms with Gasteiger partial charge in [-0.25, -0.2) is 14.2 Å². The lowest BCUT2D eigenvalue weighted by Gasteiger charge is -2.20. The highest BCUT2D eigenvalue weighted by Gasteiger charge is 2.32. The molecule has 0 aliphatic carbocycles. The molecule has 0 saturated carbocycles. The quantitative estimate of drug-likeness (QED) is 0.554. The first-order valence-electron chi connectivity index (χ1n) is 9.35. The number of nitrogens with two attached hydrogens (primary N) is 1. The Hall–Kier alpha value is -3.04. The highest BCUT2D eigenvalue weighted by Crippen LogP contribution is 2.19. The number of benzene rings is 1. The Morgan fingerprint density at radius 3 is 2.76 bits per heavy atom. The molecule has 2 heterocycles. The minimum atomic E-state index is -0.400. The molecule has 0 radical (unpaired) electrons. The maximum Gasteiger partial charge on any atom is 0.320 e. The fourth-order valence-corrected chi connectivity index (χ4v) is 3.32. The van der Waals surface area contributed by atoms with Crippen molar-refractivity contribution in [1.29, 1.82) is 5.41 Å². The highest BCUT2D eigenvalue weighted by molar-refractivity contribution is 6.13. The van der Waals surface area contributed by atoms with Gasteiger partial charge in [0.2, 0.25) is 0 Å². The Labute approximate surface area is 168 Å². The summed E-state index contributed by atoms with van der Waals surface area (Å²) in [5.41, 5.74) is 7.39. The van der Waals surface area contributed by atoms with Crippen LogP contribution in [0.15, 0.2) is 36.5 Å². The van der Waals surface area contributed by atoms with Crippen LogP contribution >= 0.6 is 0 Å². The molecule has 9 heteroatoms. The molecule has 0 unspecified atom stereocenters. The van der Waals surface area contributed by atoms with Gasteiger partial charge in [-0.2, -0.15) is 0 Å². The monoisotopic (exact) mass is 400 g/mol. The molecule has 8 nitrogen and oxygen atoms in total. The van der Waals surface area contributed by atoms with Crippen LogP contribution < -0.4 is 16.4 Å². The maximum atomic E-state index is 13.1. The van der Waals surface area contributed by atoms with Crippen molar-refractivity contribution in [3.05, 3.63) is 53.5 Å². The van der Waals surface area contributed by atoms with Crippen molar-refractivity contribution in [2.24, 2.45) is 0 Å². The fourth-order valence-electron chi connectivity index (χ4n) is 3.32. The molecule has 2 atom stereocenters. The van der Waals surface area contributed by atoms with Crippen molar-refractivity contribution < 1.29 is 13.9 Å². The van der Waals surface area contributed by atoms with Crippen LogP contribution in [0.3, 0.4) is 0 Å². The third-order valence-corrected chi connectivity index (χ3v) is 4.73. The van der Waals surface area contributed by atoms with Gasteiger partial charge in [-0.3, -0.25) is 10.7 Å². The van der Waals surface area contributed by atoms with E-state index in [9.17, 15) is 9.18 Å². The number of urea groups is 1. The first kappa shape index (κ1) is 20.7. The Morgan fingerprint density at radius 1 is 1.38 bits per heavy atom. The van der Waals surface area contributed by atoms with Crippen LogP contribution in [-0.2, 0) is 4.74 Å². The highest BCUT2D eigenvalue weighted by atomic mass is 19.1. The Balaban J connectivity index is 1.65. The summed E-state index contributed by atoms with van der Waals surface area (Å²) in [6.07, 6.45) is 1.36. The number of rotatable bonds is 6. The number of nitrogens with one attached hydrogen (secondary N) is 3. The van der Waals surface area contributed by atoms with Gasteiger partial charge in [0.25, 0.3) is 0 Å². The molecule has 2 amide bonds. The number of pyridine rings is 1. The zero-order chi connectivity index (χ0) is 21.0. The van der Waals surface area contributed by atoms with E-state index in [1.54, 1.807) is 0 Å². The van der Waals surface area contributed by atoms with Gasteiger partial charge < -0.3 is 20.7 Å². The smallest absolute Gasteiger partial charge is 0.320 e. The second-order valence-electron chi connectivity index (χ2n) is 6.96. The van der Waals surface area contributed by atoms with E-state index < -0.39 is 6.03 Å². The molecule has 1 saturated heterocycles. The number of likely N-dealkylation sites (tertiary alicyclic amines) is 1. The third-order valence-electron chi connectivity index (χ3n) is 4.73. The summed E-state index contributed by atoms with van der Waals surface area (Å²) in [5, 5.41) is 13.8. The van der Waals surface area contributed by atoms with Crippen molar-refractivity contribution >= 4 is 23.2 Å². The number of halogens is 1. The molecule has 2 aromatic rings. The van der Waals surface area contributed by atoms with Gasteiger partial charge in [-0.15, -0.1) is 0 Å². The van der Waals surface area contributed by atoms with Gasteiger partial charge in [0.05, 0.1) is 17.9 Å². The van der Waals surface area contributed by atoms with E-state index in [2.05, 4.69) is 20.5 Å². The number of hydrogen-bond donors (Lipinski definition) is 4. The van der Waals surface area contributed by atoms with E-state index in [0.29, 0.717) is 24.3 Å². The van der Waals surface area contributed by atoms with Crippen LogP contribution in [0, 0.1) is 11.2 Å². The van der Waals surface area contributed by atoms with Crippen LogP contribution in [0.5, 0.6) is 0 Å². The van der Waals surface area contributed by atoms with Crippen LogP contribution in [-0.4, -0.2) is 60.5 Å². The normalized spacial score (nSPS) is 19.1. The predicted molar refractivity (Wildman–Crippen MR) is 110 cm³/mol. The molecule has 3 rings (SSSR count). The molecule has 1 aliphatic rings. The zero-order valence-corrected chi connectivity index (χ0v) is 16.4. The zero-order valence-electron chi connectivity index (χ0n) is 16.4. The first-order chi connectivity index (χ1) is 13.9. The number of hydrogen-bond acceptors (Lipinski definition) is 6. The van der Waals surface area contributed by atoms with Crippen molar-refractivity contribution in [3.63, 3.8) is 0 Å². The molecule has 154 valence electrons. The van der Waals surface area contributed by atoms with Gasteiger partial charge in [-0.1, -0.05) is 0 Å². The van der Waals surface area contributed by atoms with Crippen molar-refractivity contribution in [1.82, 2.24) is 15.2 Å². The third kappa shape index (κ3) is 5.07. The largest absolute Gasteiger partial charge is 0.398 e. The predicted octanol–water partition coefficient (Wildman–Crippen LogP) is 2.06. The van der Waals surface area contributed by atoms with E-state index >= 15 is 0 Å². The van der Waals surface area contributed by atoms with Crippen molar-refractivity contribution in [3.8, 4) is 0 Å². The molecular weight excluding hydrogens is 375 g/mol. The summed E-state index contributed by atoms with van der Waals surface area (Å²) in [7, 11) is 1.97. The number of likely N-dealkylation sites (N-methyl/N-ethyl adjacent to an activating group) is 1. The number of ether oxygens (including phenoxy) is 1. The lowest BCUT2D eigenvalue weighted by Crippen LogP contribution is -2.45. The molecule has 1 aromatic carbocycles. The fraction of sp³-hybridized carbons (Fsp3) is 0.350. The van der Waals surface area contributed by atoms with E-state index in [1.165, 1.54) is 36.5 Å². The number of aromatic nitrogens is 1. The average Bonchev–Trinajstić information content (AvgIpc) is 3.01. The average molecular weight is 400 g/mol. The second-order valence-corrected chi connectivity index (χ2v) is 6.96.